The Morgan fingerprint density at radius 3 is 2.79 bits per heavy atom. The molecule has 0 amide bonds. The molecule has 0 radical (unpaired) electrons. The maximum absolute atomic E-state index is 13.2. The van der Waals surface area contributed by atoms with Crippen molar-refractivity contribution in [3.05, 3.63) is 60.2 Å². The Morgan fingerprint density at radius 2 is 1.93 bits per heavy atom. The maximum atomic E-state index is 13.2. The number of para-hydroxylation sites is 1. The van der Waals surface area contributed by atoms with Crippen molar-refractivity contribution in [2.45, 2.75) is 11.6 Å². The van der Waals surface area contributed by atoms with Crippen LogP contribution in [0.25, 0.3) is 10.9 Å². The molecule has 1 fully saturated rings. The number of benzene rings is 2. The molecule has 0 atom stereocenters. The SMILES string of the molecule is Fc1cccc(OCCSc2nc(CN3CCOCC3)nc3ccccc23)c1. The molecule has 1 saturated heterocycles. The van der Waals surface area contributed by atoms with Crippen LogP contribution in [-0.4, -0.2) is 53.5 Å². The van der Waals surface area contributed by atoms with Crippen molar-refractivity contribution in [3.63, 3.8) is 0 Å². The molecule has 28 heavy (non-hydrogen) atoms. The monoisotopic (exact) mass is 399 g/mol. The Morgan fingerprint density at radius 1 is 1.07 bits per heavy atom. The van der Waals surface area contributed by atoms with Crippen LogP contribution in [0.3, 0.4) is 0 Å². The van der Waals surface area contributed by atoms with E-state index in [1.807, 2.05) is 24.3 Å². The van der Waals surface area contributed by atoms with Gasteiger partial charge in [-0.3, -0.25) is 4.90 Å². The van der Waals surface area contributed by atoms with Gasteiger partial charge in [-0.15, -0.1) is 11.8 Å². The number of morpholine rings is 1. The standard InChI is InChI=1S/C21H22FN3O2S/c22-16-4-3-5-17(14-16)27-12-13-28-21-18-6-1-2-7-19(18)23-20(24-21)15-25-8-10-26-11-9-25/h1-7,14H,8-13,15H2. The first-order valence-corrected chi connectivity index (χ1v) is 10.3. The van der Waals surface area contributed by atoms with E-state index in [4.69, 9.17) is 19.4 Å². The number of hydrogen-bond donors (Lipinski definition) is 0. The number of hydrogen-bond acceptors (Lipinski definition) is 6. The summed E-state index contributed by atoms with van der Waals surface area (Å²) in [5, 5.41) is 2.00. The fraction of sp³-hybridized carbons (Fsp3) is 0.333. The van der Waals surface area contributed by atoms with E-state index < -0.39 is 0 Å². The van der Waals surface area contributed by atoms with Crippen molar-refractivity contribution in [2.24, 2.45) is 0 Å². The summed E-state index contributed by atoms with van der Waals surface area (Å²) in [6, 6.07) is 14.3. The molecule has 0 N–H and O–H groups in total. The summed E-state index contributed by atoms with van der Waals surface area (Å²) >= 11 is 1.64. The number of ether oxygens (including phenoxy) is 2. The molecule has 0 unspecified atom stereocenters. The second-order valence-electron chi connectivity index (χ2n) is 6.50. The normalized spacial score (nSPS) is 15.0. The van der Waals surface area contributed by atoms with Crippen molar-refractivity contribution in [1.29, 1.82) is 0 Å². The molecule has 0 bridgehead atoms. The quantitative estimate of drug-likeness (QED) is 0.342. The lowest BCUT2D eigenvalue weighted by molar-refractivity contribution is 0.0330. The minimum absolute atomic E-state index is 0.292. The second-order valence-corrected chi connectivity index (χ2v) is 7.59. The summed E-state index contributed by atoms with van der Waals surface area (Å²) in [6.07, 6.45) is 0. The molecule has 3 aromatic rings. The van der Waals surface area contributed by atoms with Gasteiger partial charge >= 0.3 is 0 Å². The number of halogens is 1. The van der Waals surface area contributed by atoms with Gasteiger partial charge in [0.25, 0.3) is 0 Å². The summed E-state index contributed by atoms with van der Waals surface area (Å²) in [5.41, 5.74) is 0.953. The summed E-state index contributed by atoms with van der Waals surface area (Å²) < 4.78 is 24.3. The zero-order valence-corrected chi connectivity index (χ0v) is 16.3. The highest BCUT2D eigenvalue weighted by Gasteiger charge is 2.14. The van der Waals surface area contributed by atoms with Gasteiger partial charge in [-0.05, 0) is 18.2 Å². The summed E-state index contributed by atoms with van der Waals surface area (Å²) in [4.78, 5) is 11.9. The lowest BCUT2D eigenvalue weighted by atomic mass is 10.2. The maximum Gasteiger partial charge on any atom is 0.144 e. The Balaban J connectivity index is 1.44. The molecule has 7 heteroatoms. The topological polar surface area (TPSA) is 47.5 Å². The summed E-state index contributed by atoms with van der Waals surface area (Å²) in [6.45, 7) is 4.52. The van der Waals surface area contributed by atoms with Gasteiger partial charge in [0, 0.05) is 30.3 Å². The molecule has 1 aliphatic rings. The Kier molecular flexibility index (Phi) is 6.36. The van der Waals surface area contributed by atoms with Crippen LogP contribution in [0.2, 0.25) is 0 Å². The van der Waals surface area contributed by atoms with E-state index in [0.717, 1.165) is 54.6 Å². The van der Waals surface area contributed by atoms with Crippen molar-refractivity contribution >= 4 is 22.7 Å². The average Bonchev–Trinajstić information content (AvgIpc) is 2.72. The van der Waals surface area contributed by atoms with Crippen LogP contribution in [0.4, 0.5) is 4.39 Å². The van der Waals surface area contributed by atoms with Crippen molar-refractivity contribution in [2.75, 3.05) is 38.7 Å². The first kappa shape index (κ1) is 19.1. The lowest BCUT2D eigenvalue weighted by Gasteiger charge is -2.25. The first-order chi connectivity index (χ1) is 13.8. The molecule has 0 saturated carbocycles. The minimum atomic E-state index is -0.292. The molecular weight excluding hydrogens is 377 g/mol. The van der Waals surface area contributed by atoms with E-state index in [1.165, 1.54) is 12.1 Å². The number of nitrogens with zero attached hydrogens (tertiary/aromatic N) is 3. The van der Waals surface area contributed by atoms with Crippen LogP contribution in [0, 0.1) is 5.82 Å². The molecule has 0 aliphatic carbocycles. The fourth-order valence-electron chi connectivity index (χ4n) is 3.09. The Hall–Kier alpha value is -2.22. The van der Waals surface area contributed by atoms with Gasteiger partial charge in [0.05, 0.1) is 31.9 Å². The van der Waals surface area contributed by atoms with Crippen molar-refractivity contribution < 1.29 is 13.9 Å². The van der Waals surface area contributed by atoms with Gasteiger partial charge in [0.1, 0.15) is 22.4 Å². The fourth-order valence-corrected chi connectivity index (χ4v) is 3.95. The number of aromatic nitrogens is 2. The highest BCUT2D eigenvalue weighted by molar-refractivity contribution is 7.99. The molecule has 1 aromatic heterocycles. The number of thioether (sulfide) groups is 1. The molecular formula is C21H22FN3O2S. The van der Waals surface area contributed by atoms with Crippen LogP contribution < -0.4 is 4.74 Å². The molecule has 5 nitrogen and oxygen atoms in total. The average molecular weight is 399 g/mol. The van der Waals surface area contributed by atoms with E-state index in [1.54, 1.807) is 23.9 Å². The molecule has 2 heterocycles. The second kappa shape index (κ2) is 9.32. The van der Waals surface area contributed by atoms with Gasteiger partial charge in [0.2, 0.25) is 0 Å². The van der Waals surface area contributed by atoms with E-state index in [-0.39, 0.29) is 5.82 Å². The van der Waals surface area contributed by atoms with E-state index in [9.17, 15) is 4.39 Å². The van der Waals surface area contributed by atoms with Gasteiger partial charge in [-0.25, -0.2) is 14.4 Å². The van der Waals surface area contributed by atoms with Crippen LogP contribution >= 0.6 is 11.8 Å². The number of rotatable bonds is 7. The van der Waals surface area contributed by atoms with Crippen molar-refractivity contribution in [1.82, 2.24) is 14.9 Å². The molecule has 2 aromatic carbocycles. The summed E-state index contributed by atoms with van der Waals surface area (Å²) in [5.74, 6) is 1.80. The van der Waals surface area contributed by atoms with Crippen LogP contribution in [0.1, 0.15) is 5.82 Å². The van der Waals surface area contributed by atoms with Crippen molar-refractivity contribution in [3.8, 4) is 5.75 Å². The molecule has 4 rings (SSSR count). The zero-order valence-electron chi connectivity index (χ0n) is 15.5. The zero-order chi connectivity index (χ0) is 19.2. The summed E-state index contributed by atoms with van der Waals surface area (Å²) in [7, 11) is 0. The molecule has 146 valence electrons. The third-order valence-electron chi connectivity index (χ3n) is 4.47. The third-order valence-corrected chi connectivity index (χ3v) is 5.43. The van der Waals surface area contributed by atoms with Crippen LogP contribution in [0.15, 0.2) is 53.6 Å². The van der Waals surface area contributed by atoms with Gasteiger partial charge < -0.3 is 9.47 Å². The number of fused-ring (bicyclic) bond motifs is 1. The van der Waals surface area contributed by atoms with Crippen LogP contribution in [-0.2, 0) is 11.3 Å². The smallest absolute Gasteiger partial charge is 0.144 e. The minimum Gasteiger partial charge on any atom is -0.493 e. The van der Waals surface area contributed by atoms with Gasteiger partial charge in [0.15, 0.2) is 0 Å². The Labute approximate surface area is 167 Å². The highest BCUT2D eigenvalue weighted by Crippen LogP contribution is 2.26. The van der Waals surface area contributed by atoms with E-state index >= 15 is 0 Å². The highest BCUT2D eigenvalue weighted by atomic mass is 32.2. The molecule has 1 aliphatic heterocycles. The largest absolute Gasteiger partial charge is 0.493 e. The van der Waals surface area contributed by atoms with Gasteiger partial charge in [-0.2, -0.15) is 0 Å². The van der Waals surface area contributed by atoms with E-state index in [0.29, 0.717) is 18.1 Å². The Bertz CT molecular complexity index is 934. The van der Waals surface area contributed by atoms with E-state index in [2.05, 4.69) is 4.90 Å². The van der Waals surface area contributed by atoms with Gasteiger partial charge in [-0.1, -0.05) is 24.3 Å². The lowest BCUT2D eigenvalue weighted by Crippen LogP contribution is -2.36. The van der Waals surface area contributed by atoms with Crippen LogP contribution in [0.5, 0.6) is 5.75 Å². The predicted octanol–water partition coefficient (Wildman–Crippen LogP) is 3.77. The molecule has 0 spiro atoms. The predicted molar refractivity (Wildman–Crippen MR) is 108 cm³/mol. The first-order valence-electron chi connectivity index (χ1n) is 9.35. The third kappa shape index (κ3) is 4.98.